The molecule has 0 unspecified atom stereocenters. The third-order valence-corrected chi connectivity index (χ3v) is 4.42. The molecule has 104 valence electrons. The van der Waals surface area contributed by atoms with Gasteiger partial charge in [0.25, 0.3) is 0 Å². The van der Waals surface area contributed by atoms with Gasteiger partial charge in [-0.3, -0.25) is 0 Å². The topological polar surface area (TPSA) is 89.4 Å². The van der Waals surface area contributed by atoms with Gasteiger partial charge in [-0.15, -0.1) is 0 Å². The van der Waals surface area contributed by atoms with Crippen molar-refractivity contribution >= 4 is 21.4 Å². The van der Waals surface area contributed by atoms with Gasteiger partial charge < -0.3 is 10.6 Å². The van der Waals surface area contributed by atoms with Gasteiger partial charge in [0.15, 0.2) is 0 Å². The predicted molar refractivity (Wildman–Crippen MR) is 78.6 cm³/mol. The Morgan fingerprint density at radius 1 is 1.00 bits per heavy atom. The lowest BCUT2D eigenvalue weighted by atomic mass is 10.1. The Balaban J connectivity index is 2.00. The lowest BCUT2D eigenvalue weighted by Gasteiger charge is -2.20. The fraction of sp³-hybridized carbons (Fsp3) is 0.143. The fourth-order valence-electron chi connectivity index (χ4n) is 2.48. The Morgan fingerprint density at radius 2 is 1.60 bits per heavy atom. The number of hydrogen-bond acceptors (Lipinski definition) is 4. The highest BCUT2D eigenvalue weighted by Gasteiger charge is 2.21. The molecule has 0 saturated carbocycles. The van der Waals surface area contributed by atoms with Crippen molar-refractivity contribution in [3.05, 3.63) is 53.6 Å². The summed E-state index contributed by atoms with van der Waals surface area (Å²) in [6, 6.07) is 12.7. The number of fused-ring (bicyclic) bond motifs is 1. The normalized spacial score (nSPS) is 14.3. The summed E-state index contributed by atoms with van der Waals surface area (Å²) in [5, 5.41) is 5.17. The molecule has 20 heavy (non-hydrogen) atoms. The number of benzene rings is 2. The van der Waals surface area contributed by atoms with Gasteiger partial charge in [-0.1, -0.05) is 24.3 Å². The van der Waals surface area contributed by atoms with E-state index in [2.05, 4.69) is 17.0 Å². The number of anilines is 2. The highest BCUT2D eigenvalue weighted by Crippen LogP contribution is 2.33. The summed E-state index contributed by atoms with van der Waals surface area (Å²) in [5.41, 5.74) is 9.68. The number of hydrogen-bond donors (Lipinski definition) is 2. The smallest absolute Gasteiger partial charge is 0.238 e. The monoisotopic (exact) mass is 289 g/mol. The Bertz CT molecular complexity index is 747. The van der Waals surface area contributed by atoms with Gasteiger partial charge in [0.05, 0.1) is 16.3 Å². The Labute approximate surface area is 117 Å². The third-order valence-electron chi connectivity index (χ3n) is 3.51. The number of rotatable bonds is 2. The molecule has 6 heteroatoms. The number of nitrogen functional groups attached to an aromatic ring is 1. The molecule has 1 aliphatic rings. The third kappa shape index (κ3) is 2.23. The molecule has 2 aromatic rings. The van der Waals surface area contributed by atoms with Crippen LogP contribution < -0.4 is 15.8 Å². The zero-order valence-electron chi connectivity index (χ0n) is 10.8. The van der Waals surface area contributed by atoms with E-state index in [0.717, 1.165) is 0 Å². The van der Waals surface area contributed by atoms with Crippen LogP contribution in [0.3, 0.4) is 0 Å². The van der Waals surface area contributed by atoms with Crippen molar-refractivity contribution in [2.24, 2.45) is 5.14 Å². The van der Waals surface area contributed by atoms with Crippen LogP contribution in [-0.4, -0.2) is 8.42 Å². The minimum atomic E-state index is -3.72. The number of nitrogens with zero attached hydrogens (tertiary/aromatic N) is 1. The highest BCUT2D eigenvalue weighted by atomic mass is 32.2. The number of primary sulfonamides is 1. The molecule has 0 fully saturated rings. The Hall–Kier alpha value is -2.05. The van der Waals surface area contributed by atoms with Gasteiger partial charge in [-0.2, -0.15) is 0 Å². The lowest BCUT2D eigenvalue weighted by Crippen LogP contribution is -2.18. The summed E-state index contributed by atoms with van der Waals surface area (Å²) >= 11 is 0. The summed E-state index contributed by atoms with van der Waals surface area (Å²) in [4.78, 5) is 2.13. The van der Waals surface area contributed by atoms with E-state index in [0.29, 0.717) is 24.5 Å². The Kier molecular flexibility index (Phi) is 2.92. The molecule has 0 aromatic heterocycles. The van der Waals surface area contributed by atoms with Crippen LogP contribution in [0.15, 0.2) is 47.4 Å². The van der Waals surface area contributed by atoms with E-state index >= 15 is 0 Å². The van der Waals surface area contributed by atoms with Gasteiger partial charge in [-0.25, -0.2) is 13.6 Å². The molecule has 3 rings (SSSR count). The molecular formula is C14H15N3O2S. The van der Waals surface area contributed by atoms with Gasteiger partial charge >= 0.3 is 0 Å². The molecule has 0 bridgehead atoms. The molecule has 0 amide bonds. The Morgan fingerprint density at radius 3 is 2.15 bits per heavy atom. The molecule has 5 nitrogen and oxygen atoms in total. The molecule has 1 aliphatic heterocycles. The van der Waals surface area contributed by atoms with E-state index in [1.807, 2.05) is 12.1 Å². The molecule has 0 saturated heterocycles. The molecular weight excluding hydrogens is 274 g/mol. The van der Waals surface area contributed by atoms with Gasteiger partial charge in [-0.05, 0) is 29.3 Å². The van der Waals surface area contributed by atoms with Crippen LogP contribution >= 0.6 is 0 Å². The molecule has 0 atom stereocenters. The van der Waals surface area contributed by atoms with Gasteiger partial charge in [0, 0.05) is 13.1 Å². The average molecular weight is 289 g/mol. The maximum atomic E-state index is 11.4. The summed E-state index contributed by atoms with van der Waals surface area (Å²) in [6.07, 6.45) is 0. The maximum Gasteiger partial charge on any atom is 0.238 e. The van der Waals surface area contributed by atoms with E-state index in [-0.39, 0.29) is 4.90 Å². The van der Waals surface area contributed by atoms with Crippen LogP contribution in [-0.2, 0) is 23.1 Å². The molecule has 4 N–H and O–H groups in total. The fourth-order valence-corrected chi connectivity index (χ4v) is 3.01. The highest BCUT2D eigenvalue weighted by molar-refractivity contribution is 7.89. The molecule has 0 spiro atoms. The van der Waals surface area contributed by atoms with Crippen molar-refractivity contribution in [1.82, 2.24) is 0 Å². The molecule has 2 aromatic carbocycles. The standard InChI is InChI=1S/C14H15N3O2S/c15-13-6-5-12(20(16,18)19)7-14(13)17-8-10-3-1-2-4-11(10)9-17/h1-7H,8-9,15H2,(H2,16,18,19). The minimum absolute atomic E-state index is 0.0812. The lowest BCUT2D eigenvalue weighted by molar-refractivity contribution is 0.598. The first-order valence-electron chi connectivity index (χ1n) is 6.19. The summed E-state index contributed by atoms with van der Waals surface area (Å²) in [6.45, 7) is 1.43. The first-order chi connectivity index (χ1) is 9.45. The van der Waals surface area contributed by atoms with Crippen LogP contribution in [0, 0.1) is 0 Å². The first kappa shape index (κ1) is 13.0. The van der Waals surface area contributed by atoms with Crippen molar-refractivity contribution in [3.63, 3.8) is 0 Å². The maximum absolute atomic E-state index is 11.4. The van der Waals surface area contributed by atoms with Crippen LogP contribution in [0.25, 0.3) is 0 Å². The van der Waals surface area contributed by atoms with Crippen LogP contribution in [0.5, 0.6) is 0 Å². The zero-order valence-corrected chi connectivity index (χ0v) is 11.6. The molecule has 0 aliphatic carbocycles. The van der Waals surface area contributed by atoms with Crippen LogP contribution in [0.1, 0.15) is 11.1 Å². The van der Waals surface area contributed by atoms with Gasteiger partial charge in [0.1, 0.15) is 0 Å². The van der Waals surface area contributed by atoms with E-state index in [4.69, 9.17) is 10.9 Å². The van der Waals surface area contributed by atoms with Crippen molar-refractivity contribution in [2.45, 2.75) is 18.0 Å². The second kappa shape index (κ2) is 4.50. The number of nitrogens with two attached hydrogens (primary N) is 2. The van der Waals surface area contributed by atoms with Crippen molar-refractivity contribution in [3.8, 4) is 0 Å². The van der Waals surface area contributed by atoms with Crippen molar-refractivity contribution in [1.29, 1.82) is 0 Å². The van der Waals surface area contributed by atoms with E-state index in [1.165, 1.54) is 23.3 Å². The van der Waals surface area contributed by atoms with Crippen LogP contribution in [0.2, 0.25) is 0 Å². The summed E-state index contributed by atoms with van der Waals surface area (Å²) < 4.78 is 22.9. The second-order valence-electron chi connectivity index (χ2n) is 4.89. The van der Waals surface area contributed by atoms with Crippen molar-refractivity contribution < 1.29 is 8.42 Å². The molecule has 0 radical (unpaired) electrons. The van der Waals surface area contributed by atoms with E-state index in [1.54, 1.807) is 6.07 Å². The predicted octanol–water partition coefficient (Wildman–Crippen LogP) is 1.44. The van der Waals surface area contributed by atoms with Gasteiger partial charge in [0.2, 0.25) is 10.0 Å². The first-order valence-corrected chi connectivity index (χ1v) is 7.74. The largest absolute Gasteiger partial charge is 0.397 e. The van der Waals surface area contributed by atoms with Crippen LogP contribution in [0.4, 0.5) is 11.4 Å². The second-order valence-corrected chi connectivity index (χ2v) is 6.45. The SMILES string of the molecule is Nc1ccc(S(N)(=O)=O)cc1N1Cc2ccccc2C1. The molecule has 1 heterocycles. The zero-order chi connectivity index (χ0) is 14.3. The van der Waals surface area contributed by atoms with E-state index < -0.39 is 10.0 Å². The average Bonchev–Trinajstić information content (AvgIpc) is 2.81. The quantitative estimate of drug-likeness (QED) is 0.819. The summed E-state index contributed by atoms with van der Waals surface area (Å²) in [5.74, 6) is 0. The summed E-state index contributed by atoms with van der Waals surface area (Å²) in [7, 11) is -3.72. The van der Waals surface area contributed by atoms with Crippen molar-refractivity contribution in [2.75, 3.05) is 10.6 Å². The minimum Gasteiger partial charge on any atom is -0.397 e. The van der Waals surface area contributed by atoms with E-state index in [9.17, 15) is 8.42 Å². The number of sulfonamides is 1.